The van der Waals surface area contributed by atoms with Gasteiger partial charge in [0, 0.05) is 17.5 Å². The van der Waals surface area contributed by atoms with E-state index in [0.29, 0.717) is 11.1 Å². The van der Waals surface area contributed by atoms with E-state index in [0.717, 1.165) is 12.1 Å². The first-order valence-corrected chi connectivity index (χ1v) is 10.5. The Morgan fingerprint density at radius 2 is 1.79 bits per heavy atom. The van der Waals surface area contributed by atoms with E-state index >= 15 is 0 Å². The number of guanidine groups is 1. The van der Waals surface area contributed by atoms with Crippen LogP contribution < -0.4 is 16.4 Å². The van der Waals surface area contributed by atoms with Crippen LogP contribution in [-0.4, -0.2) is 29.8 Å². The van der Waals surface area contributed by atoms with Crippen LogP contribution in [-0.2, 0) is 0 Å². The first-order chi connectivity index (χ1) is 15.4. The molecule has 2 aromatic carbocycles. The van der Waals surface area contributed by atoms with Gasteiger partial charge in [0.15, 0.2) is 17.6 Å². The van der Waals surface area contributed by atoms with Crippen LogP contribution in [0.1, 0.15) is 61.6 Å². The number of benzene rings is 2. The summed E-state index contributed by atoms with van der Waals surface area (Å²) in [6.45, 7) is 9.00. The summed E-state index contributed by atoms with van der Waals surface area (Å²) in [7, 11) is 0. The Kier molecular flexibility index (Phi) is 8.76. The third-order valence-corrected chi connectivity index (χ3v) is 4.58. The van der Waals surface area contributed by atoms with Crippen LogP contribution in [0.3, 0.4) is 0 Å². The molecule has 0 aliphatic heterocycles. The van der Waals surface area contributed by atoms with Crippen molar-refractivity contribution in [2.24, 2.45) is 15.7 Å². The molecule has 0 aromatic heterocycles. The van der Waals surface area contributed by atoms with Gasteiger partial charge in [0.2, 0.25) is 0 Å². The fourth-order valence-corrected chi connectivity index (χ4v) is 2.99. The monoisotopic (exact) mass is 461 g/mol. The molecule has 2 atom stereocenters. The molecular formula is C24H30F3N5O. The van der Waals surface area contributed by atoms with Crippen molar-refractivity contribution in [1.29, 1.82) is 0 Å². The van der Waals surface area contributed by atoms with Gasteiger partial charge in [0.1, 0.15) is 12.0 Å². The Bertz CT molecular complexity index is 1050. The van der Waals surface area contributed by atoms with Gasteiger partial charge in [-0.1, -0.05) is 12.1 Å². The first kappa shape index (κ1) is 26.1. The molecule has 9 heteroatoms. The zero-order valence-electron chi connectivity index (χ0n) is 19.4. The minimum absolute atomic E-state index is 0.0686. The highest BCUT2D eigenvalue weighted by Gasteiger charge is 2.20. The molecule has 0 saturated heterocycles. The molecule has 0 saturated carbocycles. The van der Waals surface area contributed by atoms with E-state index in [4.69, 9.17) is 5.73 Å². The van der Waals surface area contributed by atoms with Gasteiger partial charge in [-0.3, -0.25) is 15.1 Å². The summed E-state index contributed by atoms with van der Waals surface area (Å²) in [5, 5.41) is 5.61. The number of nitrogens with zero attached hydrogens (tertiary/aromatic N) is 2. The Balaban J connectivity index is 2.26. The molecule has 4 N–H and O–H groups in total. The topological polar surface area (TPSA) is 91.9 Å². The summed E-state index contributed by atoms with van der Waals surface area (Å²) in [5.41, 5.74) is 6.85. The number of nitrogens with one attached hydrogen (secondary N) is 2. The van der Waals surface area contributed by atoms with Gasteiger partial charge in [-0.15, -0.1) is 0 Å². The van der Waals surface area contributed by atoms with Crippen LogP contribution in [0.15, 0.2) is 46.4 Å². The maximum Gasteiger partial charge on any atom is 0.258 e. The lowest BCUT2D eigenvalue weighted by Crippen LogP contribution is -2.50. The average molecular weight is 462 g/mol. The Morgan fingerprint density at radius 3 is 2.36 bits per heavy atom. The Morgan fingerprint density at radius 1 is 1.09 bits per heavy atom. The molecule has 0 radical (unpaired) electrons. The maximum atomic E-state index is 14.1. The van der Waals surface area contributed by atoms with Gasteiger partial charge in [-0.25, -0.2) is 18.2 Å². The number of aliphatic imine (C=N–C) groups is 2. The highest BCUT2D eigenvalue weighted by molar-refractivity contribution is 6.05. The second kappa shape index (κ2) is 11.1. The van der Waals surface area contributed by atoms with E-state index in [1.54, 1.807) is 32.2 Å². The lowest BCUT2D eigenvalue weighted by molar-refractivity contribution is 0.0974. The summed E-state index contributed by atoms with van der Waals surface area (Å²) < 4.78 is 40.8. The maximum absolute atomic E-state index is 14.1. The van der Waals surface area contributed by atoms with Crippen LogP contribution in [0.5, 0.6) is 0 Å². The van der Waals surface area contributed by atoms with E-state index < -0.39 is 35.3 Å². The molecule has 33 heavy (non-hydrogen) atoms. The number of nitrogens with two attached hydrogens (primary N) is 1. The molecule has 0 aliphatic rings. The third-order valence-electron chi connectivity index (χ3n) is 4.58. The minimum atomic E-state index is -1.13. The van der Waals surface area contributed by atoms with Crippen molar-refractivity contribution in [3.05, 3.63) is 70.5 Å². The second-order valence-corrected chi connectivity index (χ2v) is 8.67. The number of halogens is 3. The van der Waals surface area contributed by atoms with Gasteiger partial charge in [0.25, 0.3) is 5.91 Å². The zero-order valence-corrected chi connectivity index (χ0v) is 19.4. The lowest BCUT2D eigenvalue weighted by Gasteiger charge is -2.25. The number of amides is 1. The fourth-order valence-electron chi connectivity index (χ4n) is 2.99. The molecule has 0 bridgehead atoms. The third kappa shape index (κ3) is 8.02. The summed E-state index contributed by atoms with van der Waals surface area (Å²) in [6.07, 6.45) is 1.04. The van der Waals surface area contributed by atoms with Crippen LogP contribution in [0.2, 0.25) is 0 Å². The number of carbonyl (C=O) groups is 1. The quantitative estimate of drug-likeness (QED) is 0.440. The Hall–Kier alpha value is -3.20. The van der Waals surface area contributed by atoms with Gasteiger partial charge in [0.05, 0.1) is 6.04 Å². The average Bonchev–Trinajstić information content (AvgIpc) is 2.70. The van der Waals surface area contributed by atoms with Crippen molar-refractivity contribution in [2.75, 3.05) is 0 Å². The summed E-state index contributed by atoms with van der Waals surface area (Å²) in [4.78, 5) is 21.3. The number of carbonyl (C=O) groups excluding carboxylic acids is 1. The molecule has 2 aromatic rings. The molecule has 1 amide bonds. The van der Waals surface area contributed by atoms with Crippen LogP contribution in [0.4, 0.5) is 13.2 Å². The van der Waals surface area contributed by atoms with Crippen molar-refractivity contribution >= 4 is 18.1 Å². The molecule has 0 spiro atoms. The standard InChI is InChI=1S/C24H30F3N5O/c1-6-29-20(15-8-7-14(2)18(26)11-15)13-21(28)30-23(32-24(3,4)5)31-22(33)16-9-10-17(25)19(27)12-16/h6-12,20-21H,13,28H2,1-5H3,(H2,30,31,32,33). The van der Waals surface area contributed by atoms with E-state index in [1.807, 2.05) is 20.8 Å². The van der Waals surface area contributed by atoms with Gasteiger partial charge in [-0.2, -0.15) is 0 Å². The number of hydrogen-bond acceptors (Lipinski definition) is 4. The molecule has 0 heterocycles. The van der Waals surface area contributed by atoms with E-state index in [-0.39, 0.29) is 23.8 Å². The van der Waals surface area contributed by atoms with Crippen LogP contribution in [0.25, 0.3) is 0 Å². The largest absolute Gasteiger partial charge is 0.351 e. The molecule has 6 nitrogen and oxygen atoms in total. The molecule has 2 unspecified atom stereocenters. The highest BCUT2D eigenvalue weighted by atomic mass is 19.2. The van der Waals surface area contributed by atoms with Crippen molar-refractivity contribution in [2.45, 2.75) is 58.8 Å². The lowest BCUT2D eigenvalue weighted by atomic mass is 10.0. The first-order valence-electron chi connectivity index (χ1n) is 10.5. The van der Waals surface area contributed by atoms with Gasteiger partial charge < -0.3 is 11.1 Å². The highest BCUT2D eigenvalue weighted by Crippen LogP contribution is 2.24. The minimum Gasteiger partial charge on any atom is -0.351 e. The molecule has 2 rings (SSSR count). The molecule has 0 aliphatic carbocycles. The van der Waals surface area contributed by atoms with Crippen molar-refractivity contribution in [3.63, 3.8) is 0 Å². The predicted octanol–water partition coefficient (Wildman–Crippen LogP) is 4.39. The summed E-state index contributed by atoms with van der Waals surface area (Å²) in [5.74, 6) is -3.13. The molecule has 0 fully saturated rings. The fraction of sp³-hybridized carbons (Fsp3) is 0.375. The Labute approximate surface area is 192 Å². The molecule has 178 valence electrons. The zero-order chi connectivity index (χ0) is 24.8. The smallest absolute Gasteiger partial charge is 0.258 e. The SMILES string of the molecule is CC=NC(CC(N)N=C(NC(=O)c1ccc(F)c(F)c1)NC(C)(C)C)c1ccc(C)c(F)c1. The van der Waals surface area contributed by atoms with Crippen molar-refractivity contribution < 1.29 is 18.0 Å². The second-order valence-electron chi connectivity index (χ2n) is 8.67. The van der Waals surface area contributed by atoms with E-state index in [1.165, 1.54) is 12.1 Å². The molecular weight excluding hydrogens is 431 g/mol. The predicted molar refractivity (Wildman–Crippen MR) is 125 cm³/mol. The van der Waals surface area contributed by atoms with Crippen LogP contribution in [0, 0.1) is 24.4 Å². The summed E-state index contributed by atoms with van der Waals surface area (Å²) in [6, 6.07) is 7.28. The van der Waals surface area contributed by atoms with E-state index in [9.17, 15) is 18.0 Å². The van der Waals surface area contributed by atoms with Crippen molar-refractivity contribution in [3.8, 4) is 0 Å². The van der Waals surface area contributed by atoms with E-state index in [2.05, 4.69) is 20.6 Å². The van der Waals surface area contributed by atoms with Gasteiger partial charge >= 0.3 is 0 Å². The summed E-state index contributed by atoms with van der Waals surface area (Å²) >= 11 is 0. The van der Waals surface area contributed by atoms with Crippen molar-refractivity contribution in [1.82, 2.24) is 10.6 Å². The normalized spacial score (nSPS) is 14.3. The van der Waals surface area contributed by atoms with Crippen LogP contribution >= 0.6 is 0 Å². The number of hydrogen-bond donors (Lipinski definition) is 3. The van der Waals surface area contributed by atoms with Gasteiger partial charge in [-0.05, 0) is 76.2 Å². The number of aryl methyl sites for hydroxylation is 1. The number of rotatable bonds is 6.